The number of benzene rings is 1. The average molecular weight is 324 g/mol. The van der Waals surface area contributed by atoms with Crippen LogP contribution in [0.3, 0.4) is 0 Å². The molecule has 114 valence electrons. The van der Waals surface area contributed by atoms with Crippen molar-refractivity contribution in [3.05, 3.63) is 51.8 Å². The van der Waals surface area contributed by atoms with Gasteiger partial charge in [-0.2, -0.15) is 10.1 Å². The summed E-state index contributed by atoms with van der Waals surface area (Å²) in [5.74, 6) is -0.897. The second-order valence-electron chi connectivity index (χ2n) is 3.83. The van der Waals surface area contributed by atoms with Gasteiger partial charge in [-0.15, -0.1) is 0 Å². The Kier molecular flexibility index (Phi) is 4.62. The van der Waals surface area contributed by atoms with Crippen molar-refractivity contribution in [1.29, 1.82) is 0 Å². The van der Waals surface area contributed by atoms with Crippen LogP contribution < -0.4 is 0 Å². The molecule has 3 rings (SSSR count). The Morgan fingerprint density at radius 3 is 2.73 bits per heavy atom. The Bertz CT molecular complexity index is 836. The lowest BCUT2D eigenvalue weighted by molar-refractivity contribution is -0.383. The van der Waals surface area contributed by atoms with Crippen LogP contribution in [0.1, 0.15) is 13.8 Å². The van der Waals surface area contributed by atoms with Gasteiger partial charge < -0.3 is 0 Å². The van der Waals surface area contributed by atoms with E-state index in [1.165, 1.54) is 18.3 Å². The molecule has 0 aliphatic carbocycles. The van der Waals surface area contributed by atoms with Crippen LogP contribution in [0.5, 0.6) is 0 Å². The topological polar surface area (TPSA) is 86.7 Å². The van der Waals surface area contributed by atoms with Gasteiger partial charge in [0.05, 0.1) is 28.2 Å². The molecule has 0 aliphatic rings. The molecule has 2 aromatic heterocycles. The van der Waals surface area contributed by atoms with Crippen molar-refractivity contribution in [1.82, 2.24) is 19.7 Å². The molecule has 0 spiro atoms. The Balaban J connectivity index is 0.000000847. The summed E-state index contributed by atoms with van der Waals surface area (Å²) in [6, 6.07) is 4.40. The third kappa shape index (κ3) is 2.73. The number of hydrogen-bond donors (Lipinski definition) is 0. The quantitative estimate of drug-likeness (QED) is 0.409. The zero-order valence-electron chi connectivity index (χ0n) is 11.7. The van der Waals surface area contributed by atoms with Gasteiger partial charge in [0.25, 0.3) is 5.69 Å². The summed E-state index contributed by atoms with van der Waals surface area (Å²) in [7, 11) is 0. The molecule has 0 saturated carbocycles. The molecule has 0 aliphatic heterocycles. The van der Waals surface area contributed by atoms with Gasteiger partial charge in [-0.05, 0) is 17.7 Å². The Hall–Kier alpha value is -2.61. The molecule has 9 heteroatoms. The average Bonchev–Trinajstić information content (AvgIpc) is 2.95. The summed E-state index contributed by atoms with van der Waals surface area (Å²) >= 11 is 5.63. The lowest BCUT2D eigenvalue weighted by Crippen LogP contribution is -2.04. The van der Waals surface area contributed by atoms with Gasteiger partial charge in [-0.1, -0.05) is 19.9 Å². The van der Waals surface area contributed by atoms with Crippen LogP contribution in [0.2, 0.25) is 5.28 Å². The molecule has 7 nitrogen and oxygen atoms in total. The fourth-order valence-electron chi connectivity index (χ4n) is 1.85. The van der Waals surface area contributed by atoms with E-state index in [-0.39, 0.29) is 22.2 Å². The summed E-state index contributed by atoms with van der Waals surface area (Å²) in [5.41, 5.74) is 0.238. The lowest BCUT2D eigenvalue weighted by Gasteiger charge is -2.03. The molecule has 0 unspecified atom stereocenters. The van der Waals surface area contributed by atoms with Crippen LogP contribution in [0, 0.1) is 15.9 Å². The van der Waals surface area contributed by atoms with Crippen molar-refractivity contribution in [3.63, 3.8) is 0 Å². The molecule has 0 amide bonds. The van der Waals surface area contributed by atoms with E-state index in [1.807, 2.05) is 13.8 Å². The molecular weight excluding hydrogens is 313 g/mol. The van der Waals surface area contributed by atoms with E-state index in [1.54, 1.807) is 6.07 Å². The molecule has 0 fully saturated rings. The molecule has 0 saturated heterocycles. The van der Waals surface area contributed by atoms with E-state index in [9.17, 15) is 14.5 Å². The predicted octanol–water partition coefficient (Wildman–Crippen LogP) is 3.54. The molecular formula is C13H11ClFN5O2. The number of non-ortho nitro benzene ring substituents is 1. The molecule has 1 aromatic carbocycles. The number of nitrogens with zero attached hydrogens (tertiary/aromatic N) is 5. The lowest BCUT2D eigenvalue weighted by atomic mass is 10.2. The third-order valence-electron chi connectivity index (χ3n) is 2.68. The number of hydrogen-bond acceptors (Lipinski definition) is 5. The normalized spacial score (nSPS) is 10.2. The zero-order chi connectivity index (χ0) is 16.3. The first-order valence-electron chi connectivity index (χ1n) is 6.37. The number of nitro benzene ring substituents is 1. The van der Waals surface area contributed by atoms with Gasteiger partial charge in [0.15, 0.2) is 11.6 Å². The highest BCUT2D eigenvalue weighted by molar-refractivity contribution is 6.28. The van der Waals surface area contributed by atoms with Gasteiger partial charge in [-0.3, -0.25) is 10.1 Å². The highest BCUT2D eigenvalue weighted by Gasteiger charge is 2.18. The van der Waals surface area contributed by atoms with Gasteiger partial charge in [0.1, 0.15) is 0 Å². The zero-order valence-corrected chi connectivity index (χ0v) is 12.5. The second-order valence-corrected chi connectivity index (χ2v) is 4.17. The summed E-state index contributed by atoms with van der Waals surface area (Å²) in [5, 5.41) is 15.0. The van der Waals surface area contributed by atoms with Crippen molar-refractivity contribution in [3.8, 4) is 5.82 Å². The first-order chi connectivity index (χ1) is 10.6. The van der Waals surface area contributed by atoms with E-state index in [2.05, 4.69) is 15.1 Å². The van der Waals surface area contributed by atoms with Crippen LogP contribution in [-0.2, 0) is 0 Å². The minimum Gasteiger partial charge on any atom is -0.258 e. The molecule has 22 heavy (non-hydrogen) atoms. The van der Waals surface area contributed by atoms with E-state index in [4.69, 9.17) is 11.6 Å². The van der Waals surface area contributed by atoms with E-state index in [0.29, 0.717) is 5.52 Å². The fraction of sp³-hybridized carbons (Fsp3) is 0.154. The van der Waals surface area contributed by atoms with Crippen molar-refractivity contribution in [2.24, 2.45) is 0 Å². The first kappa shape index (κ1) is 15.8. The van der Waals surface area contributed by atoms with Gasteiger partial charge in [0.2, 0.25) is 5.28 Å². The van der Waals surface area contributed by atoms with Crippen LogP contribution in [-0.4, -0.2) is 24.7 Å². The van der Waals surface area contributed by atoms with Crippen LogP contribution in [0.25, 0.3) is 16.7 Å². The highest BCUT2D eigenvalue weighted by atomic mass is 35.5. The molecule has 0 bridgehead atoms. The van der Waals surface area contributed by atoms with Crippen molar-refractivity contribution in [2.45, 2.75) is 13.8 Å². The molecule has 0 N–H and O–H groups in total. The molecule has 0 atom stereocenters. The standard InChI is InChI=1S/C11H5ClFN5O2.C2H6/c12-11-14-5-7(13)10(16-11)17-8-2-1-3-9(18(19)20)6(8)4-15-17;1-2/h1-5H;1-2H3. The van der Waals surface area contributed by atoms with Gasteiger partial charge in [-0.25, -0.2) is 14.1 Å². The number of fused-ring (bicyclic) bond motifs is 1. The fourth-order valence-corrected chi connectivity index (χ4v) is 1.98. The Morgan fingerprint density at radius 1 is 1.32 bits per heavy atom. The van der Waals surface area contributed by atoms with Crippen molar-refractivity contribution < 1.29 is 9.31 Å². The van der Waals surface area contributed by atoms with Crippen molar-refractivity contribution >= 4 is 28.2 Å². The number of rotatable bonds is 2. The maximum Gasteiger partial charge on any atom is 0.280 e. The number of aromatic nitrogens is 4. The summed E-state index contributed by atoms with van der Waals surface area (Å²) < 4.78 is 14.9. The highest BCUT2D eigenvalue weighted by Crippen LogP contribution is 2.27. The minimum atomic E-state index is -0.731. The number of halogens is 2. The van der Waals surface area contributed by atoms with Gasteiger partial charge in [0, 0.05) is 6.07 Å². The minimum absolute atomic E-state index is 0.116. The third-order valence-corrected chi connectivity index (χ3v) is 2.87. The summed E-state index contributed by atoms with van der Waals surface area (Å²) in [6.07, 6.45) is 2.19. The van der Waals surface area contributed by atoms with E-state index < -0.39 is 10.7 Å². The maximum atomic E-state index is 13.7. The Morgan fingerprint density at radius 2 is 2.05 bits per heavy atom. The monoisotopic (exact) mass is 323 g/mol. The number of nitro groups is 1. The van der Waals surface area contributed by atoms with Crippen LogP contribution >= 0.6 is 11.6 Å². The predicted molar refractivity (Wildman–Crippen MR) is 79.6 cm³/mol. The molecule has 3 aromatic rings. The second kappa shape index (κ2) is 6.44. The molecule has 0 radical (unpaired) electrons. The molecule has 2 heterocycles. The summed E-state index contributed by atoms with van der Waals surface area (Å²) in [6.45, 7) is 4.00. The Labute approximate surface area is 129 Å². The summed E-state index contributed by atoms with van der Waals surface area (Å²) in [4.78, 5) is 17.7. The van der Waals surface area contributed by atoms with Crippen LogP contribution in [0.15, 0.2) is 30.6 Å². The van der Waals surface area contributed by atoms with E-state index in [0.717, 1.165) is 10.9 Å². The van der Waals surface area contributed by atoms with Crippen LogP contribution in [0.4, 0.5) is 10.1 Å². The SMILES string of the molecule is CC.O=[N+]([O-])c1cccc2c1cnn2-c1nc(Cl)ncc1F. The maximum absolute atomic E-state index is 13.7. The largest absolute Gasteiger partial charge is 0.280 e. The van der Waals surface area contributed by atoms with E-state index >= 15 is 0 Å². The first-order valence-corrected chi connectivity index (χ1v) is 6.75. The smallest absolute Gasteiger partial charge is 0.258 e. The van der Waals surface area contributed by atoms with Crippen molar-refractivity contribution in [2.75, 3.05) is 0 Å². The van der Waals surface area contributed by atoms with Gasteiger partial charge >= 0.3 is 0 Å².